The summed E-state index contributed by atoms with van der Waals surface area (Å²) < 4.78 is 1.07. The summed E-state index contributed by atoms with van der Waals surface area (Å²) in [5, 5.41) is 3.73. The van der Waals surface area contributed by atoms with Gasteiger partial charge in [-0.05, 0) is 25.1 Å². The van der Waals surface area contributed by atoms with Gasteiger partial charge in [0.1, 0.15) is 0 Å². The molecule has 0 atom stereocenters. The molecule has 0 fully saturated rings. The molecule has 0 radical (unpaired) electrons. The van der Waals surface area contributed by atoms with Crippen LogP contribution in [-0.4, -0.2) is 17.4 Å². The van der Waals surface area contributed by atoms with Gasteiger partial charge in [-0.3, -0.25) is 4.79 Å². The summed E-state index contributed by atoms with van der Waals surface area (Å²) in [6.07, 6.45) is 0. The van der Waals surface area contributed by atoms with E-state index in [1.54, 1.807) is 11.3 Å². The smallest absolute Gasteiger partial charge is 0.238 e. The third kappa shape index (κ3) is 2.14. The van der Waals surface area contributed by atoms with E-state index in [-0.39, 0.29) is 12.5 Å². The van der Waals surface area contributed by atoms with Crippen molar-refractivity contribution in [2.24, 2.45) is 5.73 Å². The molecule has 0 aliphatic heterocycles. The number of aromatic nitrogens is 1. The van der Waals surface area contributed by atoms with Gasteiger partial charge in [-0.2, -0.15) is 0 Å². The molecule has 5 heteroatoms. The van der Waals surface area contributed by atoms with Crippen LogP contribution in [0.4, 0.5) is 5.69 Å². The normalized spacial score (nSPS) is 10.5. The second-order valence-corrected chi connectivity index (χ2v) is 4.40. The second-order valence-electron chi connectivity index (χ2n) is 3.17. The number of hydrogen-bond donors (Lipinski definition) is 2. The van der Waals surface area contributed by atoms with Gasteiger partial charge >= 0.3 is 0 Å². The first-order chi connectivity index (χ1) is 7.19. The number of nitrogens with zero attached hydrogens (tertiary/aromatic N) is 1. The summed E-state index contributed by atoms with van der Waals surface area (Å²) in [6.45, 7) is 1.96. The van der Waals surface area contributed by atoms with Gasteiger partial charge in [0.25, 0.3) is 0 Å². The highest BCUT2D eigenvalue weighted by atomic mass is 32.1. The van der Waals surface area contributed by atoms with Crippen molar-refractivity contribution in [1.29, 1.82) is 0 Å². The van der Waals surface area contributed by atoms with Gasteiger partial charge in [-0.25, -0.2) is 4.98 Å². The Hall–Kier alpha value is -1.46. The number of benzene rings is 1. The number of hydrogen-bond acceptors (Lipinski definition) is 4. The minimum Gasteiger partial charge on any atom is -0.325 e. The topological polar surface area (TPSA) is 68.0 Å². The average molecular weight is 221 g/mol. The number of anilines is 1. The number of nitrogens with one attached hydrogen (secondary N) is 1. The SMILES string of the molecule is Cc1nc2ccc(NC(=O)CN)cc2s1. The molecule has 0 bridgehead atoms. The summed E-state index contributed by atoms with van der Waals surface area (Å²) in [5.74, 6) is -0.185. The summed E-state index contributed by atoms with van der Waals surface area (Å²) in [4.78, 5) is 15.4. The van der Waals surface area contributed by atoms with E-state index >= 15 is 0 Å². The summed E-state index contributed by atoms with van der Waals surface area (Å²) >= 11 is 1.61. The fourth-order valence-electron chi connectivity index (χ4n) is 1.33. The molecule has 0 saturated carbocycles. The fraction of sp³-hybridized carbons (Fsp3) is 0.200. The lowest BCUT2D eigenvalue weighted by Gasteiger charge is -2.02. The summed E-state index contributed by atoms with van der Waals surface area (Å²) in [6, 6.07) is 5.63. The van der Waals surface area contributed by atoms with Crippen molar-refractivity contribution in [3.05, 3.63) is 23.2 Å². The number of carbonyl (C=O) groups excluding carboxylic acids is 1. The third-order valence-electron chi connectivity index (χ3n) is 1.96. The summed E-state index contributed by atoms with van der Waals surface area (Å²) in [7, 11) is 0. The minimum absolute atomic E-state index is 0.000243. The van der Waals surface area contributed by atoms with Gasteiger partial charge in [0, 0.05) is 5.69 Å². The van der Waals surface area contributed by atoms with Crippen LogP contribution in [0.5, 0.6) is 0 Å². The minimum atomic E-state index is -0.185. The Bertz CT molecular complexity index is 506. The predicted octanol–water partition coefficient (Wildman–Crippen LogP) is 1.50. The molecule has 1 heterocycles. The number of rotatable bonds is 2. The number of aryl methyl sites for hydroxylation is 1. The van der Waals surface area contributed by atoms with E-state index in [2.05, 4.69) is 10.3 Å². The van der Waals surface area contributed by atoms with Crippen LogP contribution in [0.2, 0.25) is 0 Å². The van der Waals surface area contributed by atoms with E-state index in [0.717, 1.165) is 20.9 Å². The highest BCUT2D eigenvalue weighted by molar-refractivity contribution is 7.18. The lowest BCUT2D eigenvalue weighted by atomic mass is 10.3. The molecule has 1 aromatic heterocycles. The maximum absolute atomic E-state index is 11.1. The largest absolute Gasteiger partial charge is 0.325 e. The third-order valence-corrected chi connectivity index (χ3v) is 2.90. The van der Waals surface area contributed by atoms with Crippen LogP contribution < -0.4 is 11.1 Å². The number of amides is 1. The van der Waals surface area contributed by atoms with Crippen molar-refractivity contribution < 1.29 is 4.79 Å². The Morgan fingerprint density at radius 1 is 1.60 bits per heavy atom. The van der Waals surface area contributed by atoms with Crippen molar-refractivity contribution >= 4 is 33.1 Å². The predicted molar refractivity (Wildman–Crippen MR) is 62.0 cm³/mol. The van der Waals surface area contributed by atoms with Crippen LogP contribution in [0, 0.1) is 6.92 Å². The highest BCUT2D eigenvalue weighted by Crippen LogP contribution is 2.24. The van der Waals surface area contributed by atoms with Crippen LogP contribution in [0.1, 0.15) is 5.01 Å². The van der Waals surface area contributed by atoms with Crippen LogP contribution in [-0.2, 0) is 4.79 Å². The molecule has 0 spiro atoms. The molecule has 0 unspecified atom stereocenters. The molecule has 2 aromatic rings. The molecule has 0 aliphatic carbocycles. The number of carbonyl (C=O) groups is 1. The molecule has 0 aliphatic rings. The Morgan fingerprint density at radius 3 is 3.13 bits per heavy atom. The van der Waals surface area contributed by atoms with E-state index in [4.69, 9.17) is 5.73 Å². The van der Waals surface area contributed by atoms with Crippen molar-refractivity contribution in [3.8, 4) is 0 Å². The molecule has 3 N–H and O–H groups in total. The highest BCUT2D eigenvalue weighted by Gasteiger charge is 2.03. The molecular weight excluding hydrogens is 210 g/mol. The Labute approximate surface area is 91.1 Å². The quantitative estimate of drug-likeness (QED) is 0.807. The van der Waals surface area contributed by atoms with Crippen molar-refractivity contribution in [3.63, 3.8) is 0 Å². The maximum Gasteiger partial charge on any atom is 0.238 e. The number of nitrogens with two attached hydrogens (primary N) is 1. The first-order valence-corrected chi connectivity index (χ1v) is 5.38. The monoisotopic (exact) mass is 221 g/mol. The van der Waals surface area contributed by atoms with Gasteiger partial charge in [0.2, 0.25) is 5.91 Å². The lowest BCUT2D eigenvalue weighted by Crippen LogP contribution is -2.21. The van der Waals surface area contributed by atoms with Gasteiger partial charge in [-0.1, -0.05) is 0 Å². The lowest BCUT2D eigenvalue weighted by molar-refractivity contribution is -0.114. The van der Waals surface area contributed by atoms with Crippen molar-refractivity contribution in [2.75, 3.05) is 11.9 Å². The van der Waals surface area contributed by atoms with Gasteiger partial charge in [0.05, 0.1) is 21.8 Å². The van der Waals surface area contributed by atoms with E-state index in [1.165, 1.54) is 0 Å². The van der Waals surface area contributed by atoms with E-state index in [0.29, 0.717) is 0 Å². The van der Waals surface area contributed by atoms with Gasteiger partial charge in [0.15, 0.2) is 0 Å². The molecule has 15 heavy (non-hydrogen) atoms. The van der Waals surface area contributed by atoms with Crippen molar-refractivity contribution in [2.45, 2.75) is 6.92 Å². The van der Waals surface area contributed by atoms with Crippen LogP contribution in [0.3, 0.4) is 0 Å². The standard InChI is InChI=1S/C10H11N3OS/c1-6-12-8-3-2-7(4-9(8)15-6)13-10(14)5-11/h2-4H,5,11H2,1H3,(H,13,14). The second kappa shape index (κ2) is 3.96. The summed E-state index contributed by atoms with van der Waals surface area (Å²) in [5.41, 5.74) is 6.94. The van der Waals surface area contributed by atoms with Crippen molar-refractivity contribution in [1.82, 2.24) is 4.98 Å². The van der Waals surface area contributed by atoms with Crippen LogP contribution >= 0.6 is 11.3 Å². The molecule has 1 aromatic carbocycles. The zero-order chi connectivity index (χ0) is 10.8. The Morgan fingerprint density at radius 2 is 2.40 bits per heavy atom. The zero-order valence-electron chi connectivity index (χ0n) is 8.28. The molecule has 78 valence electrons. The number of thiazole rings is 1. The molecular formula is C10H11N3OS. The molecule has 2 rings (SSSR count). The molecule has 0 saturated heterocycles. The average Bonchev–Trinajstić information content (AvgIpc) is 2.57. The fourth-order valence-corrected chi connectivity index (χ4v) is 2.20. The Kier molecular flexibility index (Phi) is 2.66. The maximum atomic E-state index is 11.1. The van der Waals surface area contributed by atoms with E-state index in [9.17, 15) is 4.79 Å². The first-order valence-electron chi connectivity index (χ1n) is 4.56. The van der Waals surface area contributed by atoms with Gasteiger partial charge in [-0.15, -0.1) is 11.3 Å². The first kappa shape index (κ1) is 10.1. The molecule has 4 nitrogen and oxygen atoms in total. The zero-order valence-corrected chi connectivity index (χ0v) is 9.10. The van der Waals surface area contributed by atoms with E-state index < -0.39 is 0 Å². The van der Waals surface area contributed by atoms with Crippen LogP contribution in [0.15, 0.2) is 18.2 Å². The Balaban J connectivity index is 2.33. The van der Waals surface area contributed by atoms with E-state index in [1.807, 2.05) is 25.1 Å². The van der Waals surface area contributed by atoms with Crippen LogP contribution in [0.25, 0.3) is 10.2 Å². The van der Waals surface area contributed by atoms with Gasteiger partial charge < -0.3 is 11.1 Å². The number of fused-ring (bicyclic) bond motifs is 1. The molecule has 1 amide bonds.